The number of aryl methyl sites for hydroxylation is 1. The second kappa shape index (κ2) is 10.4. The zero-order valence-electron chi connectivity index (χ0n) is 20.2. The van der Waals surface area contributed by atoms with E-state index in [2.05, 4.69) is 21.2 Å². The van der Waals surface area contributed by atoms with E-state index in [1.165, 1.54) is 17.6 Å². The van der Waals surface area contributed by atoms with E-state index in [1.807, 2.05) is 36.9 Å². The molecule has 1 aliphatic heterocycles. The molecule has 0 radical (unpaired) electrons. The fourth-order valence-corrected chi connectivity index (χ4v) is 5.09. The van der Waals surface area contributed by atoms with E-state index in [9.17, 15) is 14.6 Å². The highest BCUT2D eigenvalue weighted by molar-refractivity contribution is 7.97. The van der Waals surface area contributed by atoms with Crippen LogP contribution in [0.15, 0.2) is 64.6 Å². The van der Waals surface area contributed by atoms with Crippen LogP contribution >= 0.6 is 11.9 Å². The van der Waals surface area contributed by atoms with Gasteiger partial charge in [0.05, 0.1) is 18.3 Å². The number of nitrogens with one attached hydrogen (secondary N) is 2. The summed E-state index contributed by atoms with van der Waals surface area (Å²) < 4.78 is 11.6. The average molecular weight is 505 g/mol. The fraction of sp³-hybridized carbons (Fsp3) is 0.320. The molecule has 1 atom stereocenters. The first-order chi connectivity index (χ1) is 17.4. The highest BCUT2D eigenvalue weighted by Crippen LogP contribution is 2.37. The van der Waals surface area contributed by atoms with Gasteiger partial charge in [0, 0.05) is 47.6 Å². The number of carbonyl (C=O) groups is 1. The number of hydrogen-bond donors (Lipinski definition) is 3. The van der Waals surface area contributed by atoms with Gasteiger partial charge in [0.1, 0.15) is 5.03 Å². The van der Waals surface area contributed by atoms with Gasteiger partial charge in [0.25, 0.3) is 5.56 Å². The summed E-state index contributed by atoms with van der Waals surface area (Å²) in [5.41, 5.74) is 4.59. The lowest BCUT2D eigenvalue weighted by Crippen LogP contribution is -2.31. The summed E-state index contributed by atoms with van der Waals surface area (Å²) in [7, 11) is -0.955. The van der Waals surface area contributed by atoms with Gasteiger partial charge in [-0.15, -0.1) is 0 Å². The molecule has 0 bridgehead atoms. The van der Waals surface area contributed by atoms with Crippen LogP contribution in [0.3, 0.4) is 0 Å². The average Bonchev–Trinajstić information content (AvgIpc) is 3.54. The zero-order chi connectivity index (χ0) is 25.2. The van der Waals surface area contributed by atoms with Crippen molar-refractivity contribution in [3.63, 3.8) is 0 Å². The molecule has 2 aromatic heterocycles. The second-order valence-corrected chi connectivity index (χ2v) is 10.0. The molecule has 1 aliphatic carbocycles. The molecule has 3 aromatic rings. The summed E-state index contributed by atoms with van der Waals surface area (Å²) in [4.78, 5) is 25.5. The third-order valence-electron chi connectivity index (χ3n) is 6.42. The number of rotatable bonds is 6. The van der Waals surface area contributed by atoms with Crippen LogP contribution in [0.5, 0.6) is 0 Å². The summed E-state index contributed by atoms with van der Waals surface area (Å²) >= 11 is 1.16. The van der Waals surface area contributed by atoms with E-state index in [4.69, 9.17) is 4.65 Å². The Labute approximate surface area is 213 Å². The minimum Gasteiger partial charge on any atom is -0.423 e. The standard InChI is InChI=1S/C25H28BN5O4S/c1-16(2)31-13-11-22(28-31)36-29-25(33)27-24-20-5-3-4-17(20)6-8-21(24)18-7-9-23(32)30(14-18)19-10-12-26(34)35-15-19/h6-14,16,19,34H,3-5,15H2,1-2H3,(H2,27,29,33). The predicted octanol–water partition coefficient (Wildman–Crippen LogP) is 3.76. The molecule has 1 aromatic carbocycles. The van der Waals surface area contributed by atoms with Crippen LogP contribution in [0.25, 0.3) is 11.1 Å². The molecule has 0 spiro atoms. The molecule has 0 saturated heterocycles. The molecule has 2 amide bonds. The molecule has 5 rings (SSSR count). The van der Waals surface area contributed by atoms with Crippen LogP contribution in [-0.2, 0) is 17.5 Å². The number of benzene rings is 1. The number of amides is 2. The van der Waals surface area contributed by atoms with Crippen LogP contribution in [0.2, 0.25) is 0 Å². The number of hydrogen-bond acceptors (Lipinski definition) is 6. The number of fused-ring (bicyclic) bond motifs is 1. The van der Waals surface area contributed by atoms with Crippen molar-refractivity contribution in [2.75, 3.05) is 11.9 Å². The molecule has 186 valence electrons. The lowest BCUT2D eigenvalue weighted by molar-refractivity contribution is 0.228. The molecule has 11 heteroatoms. The van der Waals surface area contributed by atoms with E-state index >= 15 is 0 Å². The van der Waals surface area contributed by atoms with Gasteiger partial charge in [-0.2, -0.15) is 5.10 Å². The Bertz CT molecular complexity index is 1370. The molecule has 0 fully saturated rings. The summed E-state index contributed by atoms with van der Waals surface area (Å²) in [5, 5.41) is 17.8. The summed E-state index contributed by atoms with van der Waals surface area (Å²) in [6.07, 6.45) is 8.32. The van der Waals surface area contributed by atoms with Gasteiger partial charge >= 0.3 is 13.1 Å². The number of aromatic nitrogens is 3. The van der Waals surface area contributed by atoms with Crippen LogP contribution in [0.1, 0.15) is 43.5 Å². The van der Waals surface area contributed by atoms with Gasteiger partial charge in [-0.1, -0.05) is 24.2 Å². The number of urea groups is 1. The van der Waals surface area contributed by atoms with Gasteiger partial charge in [-0.25, -0.2) is 4.79 Å². The van der Waals surface area contributed by atoms with Gasteiger partial charge in [-0.05, 0) is 56.4 Å². The monoisotopic (exact) mass is 505 g/mol. The second-order valence-electron chi connectivity index (χ2n) is 9.20. The first-order valence-corrected chi connectivity index (χ1v) is 12.8. The smallest absolute Gasteiger partial charge is 0.423 e. The van der Waals surface area contributed by atoms with Gasteiger partial charge in [0.2, 0.25) is 0 Å². The summed E-state index contributed by atoms with van der Waals surface area (Å²) in [5.74, 6) is 1.53. The highest BCUT2D eigenvalue weighted by Gasteiger charge is 2.23. The molecule has 9 nitrogen and oxygen atoms in total. The quantitative estimate of drug-likeness (QED) is 0.348. The van der Waals surface area contributed by atoms with E-state index in [1.54, 1.807) is 22.9 Å². The Balaban J connectivity index is 1.42. The molecule has 3 N–H and O–H groups in total. The number of nitrogens with zero attached hydrogens (tertiary/aromatic N) is 3. The van der Waals surface area contributed by atoms with Crippen molar-refractivity contribution in [3.05, 3.63) is 76.3 Å². The third-order valence-corrected chi connectivity index (χ3v) is 7.14. The third kappa shape index (κ3) is 5.13. The SMILES string of the molecule is CC(C)n1ccc(SNC(=O)Nc2c(-c3ccc(=O)n(C4C=CB(O)OC4)c3)ccc3c2CCC3)n1. The minimum atomic E-state index is -0.955. The normalized spacial score (nSPS) is 16.9. The lowest BCUT2D eigenvalue weighted by atomic mass is 9.87. The Morgan fingerprint density at radius 1 is 1.25 bits per heavy atom. The van der Waals surface area contributed by atoms with Crippen LogP contribution in [-0.4, -0.2) is 39.1 Å². The number of anilines is 1. The van der Waals surface area contributed by atoms with Crippen LogP contribution in [0.4, 0.5) is 10.5 Å². The van der Waals surface area contributed by atoms with Gasteiger partial charge in [0.15, 0.2) is 0 Å². The van der Waals surface area contributed by atoms with Crippen molar-refractivity contribution in [2.45, 2.75) is 50.2 Å². The molecule has 0 saturated carbocycles. The van der Waals surface area contributed by atoms with Gasteiger partial charge in [-0.3, -0.25) is 14.2 Å². The molecule has 2 aliphatic rings. The Kier molecular flexibility index (Phi) is 7.04. The van der Waals surface area contributed by atoms with Crippen molar-refractivity contribution in [2.24, 2.45) is 0 Å². The van der Waals surface area contributed by atoms with Crippen LogP contribution < -0.4 is 15.6 Å². The fourth-order valence-electron chi connectivity index (χ4n) is 4.58. The molecular formula is C25H28BN5O4S. The lowest BCUT2D eigenvalue weighted by Gasteiger charge is -2.22. The molecular weight excluding hydrogens is 477 g/mol. The number of pyridine rings is 1. The minimum absolute atomic E-state index is 0.168. The Morgan fingerprint density at radius 3 is 2.86 bits per heavy atom. The summed E-state index contributed by atoms with van der Waals surface area (Å²) in [6.45, 7) is 4.29. The maximum Gasteiger partial charge on any atom is 0.483 e. The van der Waals surface area contributed by atoms with Gasteiger partial charge < -0.3 is 19.6 Å². The Hall–Kier alpha value is -3.28. The highest BCUT2D eigenvalue weighted by atomic mass is 32.2. The van der Waals surface area contributed by atoms with E-state index in [-0.39, 0.29) is 30.3 Å². The van der Waals surface area contributed by atoms with Crippen molar-refractivity contribution < 1.29 is 14.5 Å². The summed E-state index contributed by atoms with van der Waals surface area (Å²) in [6, 6.07) is 8.83. The predicted molar refractivity (Wildman–Crippen MR) is 141 cm³/mol. The van der Waals surface area contributed by atoms with Crippen LogP contribution in [0, 0.1) is 0 Å². The Morgan fingerprint density at radius 2 is 2.11 bits per heavy atom. The molecule has 1 unspecified atom stereocenters. The first-order valence-electron chi connectivity index (χ1n) is 12.0. The van der Waals surface area contributed by atoms with E-state index in [0.717, 1.165) is 53.6 Å². The zero-order valence-corrected chi connectivity index (χ0v) is 21.0. The maximum absolute atomic E-state index is 12.9. The van der Waals surface area contributed by atoms with E-state index < -0.39 is 7.12 Å². The van der Waals surface area contributed by atoms with Crippen molar-refractivity contribution >= 4 is 30.8 Å². The molecule has 36 heavy (non-hydrogen) atoms. The first kappa shape index (κ1) is 24.4. The van der Waals surface area contributed by atoms with Crippen molar-refractivity contribution in [1.29, 1.82) is 0 Å². The van der Waals surface area contributed by atoms with E-state index in [0.29, 0.717) is 5.03 Å². The number of carbonyl (C=O) groups excluding carboxylic acids is 1. The largest absolute Gasteiger partial charge is 0.483 e. The van der Waals surface area contributed by atoms with Crippen molar-refractivity contribution in [1.82, 2.24) is 19.1 Å². The topological polar surface area (TPSA) is 110 Å². The molecule has 3 heterocycles. The van der Waals surface area contributed by atoms with Crippen molar-refractivity contribution in [3.8, 4) is 11.1 Å². The maximum atomic E-state index is 12.9.